The Morgan fingerprint density at radius 2 is 1.51 bits per heavy atom. The van der Waals surface area contributed by atoms with Crippen molar-refractivity contribution in [2.24, 2.45) is 23.7 Å². The number of rotatable bonds is 14. The lowest BCUT2D eigenvalue weighted by molar-refractivity contribution is -0.221. The Morgan fingerprint density at radius 1 is 0.933 bits per heavy atom. The SMILES string of the molecule is CCOC(CBr)O[C@@H](C)[C@@H]1C[C@]2(O[Si](C)(C)C(C)(C)C)CC3[C@@H]1C(OCc1ccccc1)[C@H](C)[C@@H](OCc1ccccc1)[C@H]3O2. The van der Waals surface area contributed by atoms with Crippen LogP contribution in [0.3, 0.4) is 0 Å². The van der Waals surface area contributed by atoms with Crippen LogP contribution in [0.4, 0.5) is 0 Å². The summed E-state index contributed by atoms with van der Waals surface area (Å²) in [5, 5.41) is 0.678. The van der Waals surface area contributed by atoms with Crippen molar-refractivity contribution in [1.82, 2.24) is 0 Å². The van der Waals surface area contributed by atoms with Gasteiger partial charge in [0.1, 0.15) is 0 Å². The van der Waals surface area contributed by atoms with Gasteiger partial charge in [0, 0.05) is 25.4 Å². The summed E-state index contributed by atoms with van der Waals surface area (Å²) < 4.78 is 41.0. The maximum absolute atomic E-state index is 7.32. The molecule has 2 aliphatic carbocycles. The van der Waals surface area contributed by atoms with E-state index >= 15 is 0 Å². The number of ether oxygens (including phenoxy) is 5. The molecule has 5 rings (SSSR count). The van der Waals surface area contributed by atoms with Crippen LogP contribution in [0.2, 0.25) is 18.1 Å². The fourth-order valence-electron chi connectivity index (χ4n) is 7.69. The lowest BCUT2D eigenvalue weighted by Gasteiger charge is -2.53. The minimum absolute atomic E-state index is 0.0228. The minimum atomic E-state index is -2.18. The van der Waals surface area contributed by atoms with E-state index in [4.69, 9.17) is 28.1 Å². The Hall–Kier alpha value is -1.10. The van der Waals surface area contributed by atoms with Crippen LogP contribution in [-0.2, 0) is 41.3 Å². The third-order valence-electron chi connectivity index (χ3n) is 10.9. The molecule has 3 fully saturated rings. The highest BCUT2D eigenvalue weighted by Gasteiger charge is 2.67. The highest BCUT2D eigenvalue weighted by molar-refractivity contribution is 9.09. The zero-order chi connectivity index (χ0) is 32.4. The zero-order valence-corrected chi connectivity index (χ0v) is 31.1. The van der Waals surface area contributed by atoms with Crippen molar-refractivity contribution in [2.75, 3.05) is 11.9 Å². The molecule has 0 N–H and O–H groups in total. The summed E-state index contributed by atoms with van der Waals surface area (Å²) in [4.78, 5) is 0. The van der Waals surface area contributed by atoms with Crippen molar-refractivity contribution < 1.29 is 28.1 Å². The predicted octanol–water partition coefficient (Wildman–Crippen LogP) is 8.73. The number of fused-ring (bicyclic) bond motifs is 1. The van der Waals surface area contributed by atoms with E-state index in [9.17, 15) is 0 Å². The maximum Gasteiger partial charge on any atom is 0.195 e. The van der Waals surface area contributed by atoms with Gasteiger partial charge in [-0.25, -0.2) is 0 Å². The van der Waals surface area contributed by atoms with Crippen LogP contribution in [0, 0.1) is 23.7 Å². The molecule has 3 unspecified atom stereocenters. The molecule has 250 valence electrons. The van der Waals surface area contributed by atoms with Gasteiger partial charge in [0.25, 0.3) is 0 Å². The second-order valence-corrected chi connectivity index (χ2v) is 20.3. The highest BCUT2D eigenvalue weighted by Crippen LogP contribution is 2.61. The first-order valence-corrected chi connectivity index (χ1v) is 20.9. The number of hydrogen-bond donors (Lipinski definition) is 0. The minimum Gasteiger partial charge on any atom is -0.390 e. The van der Waals surface area contributed by atoms with Crippen LogP contribution >= 0.6 is 15.9 Å². The lowest BCUT2D eigenvalue weighted by atomic mass is 9.59. The van der Waals surface area contributed by atoms with Gasteiger partial charge < -0.3 is 28.1 Å². The summed E-state index contributed by atoms with van der Waals surface area (Å²) in [6.07, 6.45) is 1.01. The van der Waals surface area contributed by atoms with Gasteiger partial charge in [-0.05, 0) is 60.9 Å². The van der Waals surface area contributed by atoms with E-state index in [1.807, 2.05) is 13.0 Å². The fourth-order valence-corrected chi connectivity index (χ4v) is 9.48. The lowest BCUT2D eigenvalue weighted by Crippen LogP contribution is -2.59. The Balaban J connectivity index is 1.51. The second kappa shape index (κ2) is 14.6. The van der Waals surface area contributed by atoms with E-state index < -0.39 is 14.1 Å². The Kier molecular flexibility index (Phi) is 11.4. The number of hydrogen-bond acceptors (Lipinski definition) is 6. The molecular weight excluding hydrogens is 648 g/mol. The van der Waals surface area contributed by atoms with Crippen LogP contribution in [0.25, 0.3) is 0 Å². The van der Waals surface area contributed by atoms with E-state index in [0.717, 1.165) is 12.8 Å². The van der Waals surface area contributed by atoms with E-state index in [-0.39, 0.29) is 59.4 Å². The van der Waals surface area contributed by atoms with Gasteiger partial charge in [-0.3, -0.25) is 0 Å². The van der Waals surface area contributed by atoms with Gasteiger partial charge in [-0.15, -0.1) is 0 Å². The predicted molar refractivity (Wildman–Crippen MR) is 185 cm³/mol. The first-order chi connectivity index (χ1) is 21.4. The molecule has 10 atom stereocenters. The Labute approximate surface area is 281 Å². The number of halogens is 1. The molecule has 8 heteroatoms. The average Bonchev–Trinajstić information content (AvgIpc) is 3.31. The van der Waals surface area contributed by atoms with Crippen molar-refractivity contribution in [3.8, 4) is 0 Å². The average molecular weight is 704 g/mol. The van der Waals surface area contributed by atoms with E-state index in [2.05, 4.69) is 118 Å². The third kappa shape index (κ3) is 7.80. The Morgan fingerprint density at radius 3 is 2.04 bits per heavy atom. The third-order valence-corrected chi connectivity index (χ3v) is 15.9. The van der Waals surface area contributed by atoms with Crippen molar-refractivity contribution in [2.45, 2.75) is 122 Å². The number of alkyl halides is 1. The highest BCUT2D eigenvalue weighted by atomic mass is 79.9. The zero-order valence-electron chi connectivity index (χ0n) is 28.5. The van der Waals surface area contributed by atoms with Crippen LogP contribution < -0.4 is 0 Å². The molecule has 3 aliphatic rings. The Bertz CT molecular complexity index is 1210. The summed E-state index contributed by atoms with van der Waals surface area (Å²) in [6.45, 7) is 19.8. The molecule has 1 saturated heterocycles. The molecule has 2 bridgehead atoms. The molecular formula is C37H55BrO6Si. The maximum atomic E-state index is 7.32. The second-order valence-electron chi connectivity index (χ2n) is 14.9. The van der Waals surface area contributed by atoms with Gasteiger partial charge in [0.2, 0.25) is 0 Å². The summed E-state index contributed by atoms with van der Waals surface area (Å²) in [7, 11) is -2.18. The van der Waals surface area contributed by atoms with Crippen LogP contribution in [0.15, 0.2) is 60.7 Å². The standard InChI is InChI=1S/C37H55BrO6Si/c1-9-39-31(22-38)42-26(3)29-20-37(44-45(7,8)36(4,5)6)21-30-32(29)33(40-23-27-16-12-10-13-17-27)25(2)34(35(30)43-37)41-24-28-18-14-11-15-19-28/h10-19,25-26,29-35H,9,20-24H2,1-8H3/t25-,26-,29-,30?,31?,32+,33?,34+,35-,37-/m0/s1. The molecule has 0 spiro atoms. The topological polar surface area (TPSA) is 55.4 Å². The van der Waals surface area contributed by atoms with Crippen molar-refractivity contribution in [1.29, 1.82) is 0 Å². The van der Waals surface area contributed by atoms with E-state index in [1.54, 1.807) is 0 Å². The largest absolute Gasteiger partial charge is 0.390 e. The molecule has 2 aromatic rings. The van der Waals surface area contributed by atoms with E-state index in [0.29, 0.717) is 25.2 Å². The summed E-state index contributed by atoms with van der Waals surface area (Å²) >= 11 is 3.61. The molecule has 2 saturated carbocycles. The van der Waals surface area contributed by atoms with Gasteiger partial charge in [-0.1, -0.05) is 104 Å². The molecule has 1 heterocycles. The molecule has 2 aromatic carbocycles. The molecule has 6 nitrogen and oxygen atoms in total. The van der Waals surface area contributed by atoms with Gasteiger partial charge >= 0.3 is 0 Å². The summed E-state index contributed by atoms with van der Waals surface area (Å²) in [6, 6.07) is 20.9. The van der Waals surface area contributed by atoms with Crippen molar-refractivity contribution in [3.05, 3.63) is 71.8 Å². The van der Waals surface area contributed by atoms with Crippen LogP contribution in [0.1, 0.15) is 65.5 Å². The normalized spacial score (nSPS) is 32.8. The molecule has 1 aliphatic heterocycles. The smallest absolute Gasteiger partial charge is 0.195 e. The molecule has 0 radical (unpaired) electrons. The fraction of sp³-hybridized carbons (Fsp3) is 0.676. The van der Waals surface area contributed by atoms with Gasteiger partial charge in [0.05, 0.1) is 43.0 Å². The first kappa shape index (κ1) is 35.2. The van der Waals surface area contributed by atoms with E-state index in [1.165, 1.54) is 11.1 Å². The van der Waals surface area contributed by atoms with Crippen LogP contribution in [-0.4, -0.2) is 56.7 Å². The van der Waals surface area contributed by atoms with Gasteiger partial charge in [0.15, 0.2) is 20.4 Å². The monoisotopic (exact) mass is 702 g/mol. The first-order valence-electron chi connectivity index (χ1n) is 16.9. The molecule has 45 heavy (non-hydrogen) atoms. The van der Waals surface area contributed by atoms with Crippen molar-refractivity contribution in [3.63, 3.8) is 0 Å². The molecule has 0 aromatic heterocycles. The molecule has 0 amide bonds. The number of benzene rings is 2. The summed E-state index contributed by atoms with van der Waals surface area (Å²) in [5.41, 5.74) is 2.35. The summed E-state index contributed by atoms with van der Waals surface area (Å²) in [5.74, 6) is 0.0656. The van der Waals surface area contributed by atoms with Gasteiger partial charge in [-0.2, -0.15) is 0 Å². The van der Waals surface area contributed by atoms with Crippen LogP contribution in [0.5, 0.6) is 0 Å². The van der Waals surface area contributed by atoms with Crippen molar-refractivity contribution >= 4 is 24.2 Å². The quantitative estimate of drug-likeness (QED) is 0.112.